The zero-order chi connectivity index (χ0) is 48.0. The van der Waals surface area contributed by atoms with E-state index in [0.717, 1.165) is 59.8 Å². The van der Waals surface area contributed by atoms with Gasteiger partial charge in [0.25, 0.3) is 0 Å². The van der Waals surface area contributed by atoms with Gasteiger partial charge in [-0.3, -0.25) is 19.6 Å². The average molecular weight is 929 g/mol. The standard InChI is InChI=1S/C60H92N6O2/c1-3-5-7-9-11-13-15-17-19-21-23-25-27-29-31-45-59(67)65(51-53-39-37-43-57(63-53)55-41-33-35-47-61-55)49-50-66(52-54-40-38-44-58(64-54)56-42-34-36-48-62-56)60(68)46-32-30-28-26-24-22-20-18-16-14-12-10-8-6-4-2/h33-44,47-48H,3-32,45-46,49-52H2,1-2H3. The van der Waals surface area contributed by atoms with Crippen molar-refractivity contribution in [2.75, 3.05) is 13.1 Å². The van der Waals surface area contributed by atoms with Crippen LogP contribution in [-0.4, -0.2) is 54.6 Å². The fourth-order valence-electron chi connectivity index (χ4n) is 9.28. The van der Waals surface area contributed by atoms with E-state index >= 15 is 0 Å². The molecule has 0 bridgehead atoms. The fourth-order valence-corrected chi connectivity index (χ4v) is 9.28. The van der Waals surface area contributed by atoms with Crippen molar-refractivity contribution < 1.29 is 9.59 Å². The second-order valence-corrected chi connectivity index (χ2v) is 19.5. The Morgan fingerprint density at radius 2 is 0.647 bits per heavy atom. The van der Waals surface area contributed by atoms with Gasteiger partial charge in [-0.25, -0.2) is 9.97 Å². The third-order valence-electron chi connectivity index (χ3n) is 13.5. The zero-order valence-electron chi connectivity index (χ0n) is 43.0. The van der Waals surface area contributed by atoms with Crippen molar-refractivity contribution in [3.8, 4) is 22.8 Å². The second-order valence-electron chi connectivity index (χ2n) is 19.5. The molecule has 4 rings (SSSR count). The Morgan fingerprint density at radius 3 is 0.941 bits per heavy atom. The lowest BCUT2D eigenvalue weighted by Gasteiger charge is -2.28. The summed E-state index contributed by atoms with van der Waals surface area (Å²) in [7, 11) is 0. The summed E-state index contributed by atoms with van der Waals surface area (Å²) in [5.74, 6) is 0.240. The van der Waals surface area contributed by atoms with Gasteiger partial charge in [0.2, 0.25) is 11.8 Å². The lowest BCUT2D eigenvalue weighted by Crippen LogP contribution is -2.40. The van der Waals surface area contributed by atoms with E-state index in [1.165, 1.54) is 167 Å². The summed E-state index contributed by atoms with van der Waals surface area (Å²) >= 11 is 0. The molecule has 0 unspecified atom stereocenters. The van der Waals surface area contributed by atoms with Crippen molar-refractivity contribution in [3.63, 3.8) is 0 Å². The van der Waals surface area contributed by atoms with Crippen LogP contribution in [0.25, 0.3) is 22.8 Å². The van der Waals surface area contributed by atoms with Crippen molar-refractivity contribution in [1.29, 1.82) is 0 Å². The Hall–Kier alpha value is -4.46. The molecule has 0 atom stereocenters. The molecule has 0 aliphatic carbocycles. The molecule has 68 heavy (non-hydrogen) atoms. The van der Waals surface area contributed by atoms with Crippen LogP contribution in [0.1, 0.15) is 231 Å². The number of hydrogen-bond donors (Lipinski definition) is 0. The van der Waals surface area contributed by atoms with Gasteiger partial charge in [-0.05, 0) is 61.4 Å². The summed E-state index contributed by atoms with van der Waals surface area (Å²) in [6, 6.07) is 23.6. The van der Waals surface area contributed by atoms with Gasteiger partial charge in [0.1, 0.15) is 0 Å². The van der Waals surface area contributed by atoms with Crippen LogP contribution in [0.4, 0.5) is 0 Å². The van der Waals surface area contributed by atoms with Gasteiger partial charge >= 0.3 is 0 Å². The first-order chi connectivity index (χ1) is 33.6. The van der Waals surface area contributed by atoms with Crippen molar-refractivity contribution in [3.05, 3.63) is 96.6 Å². The van der Waals surface area contributed by atoms with Crippen LogP contribution in [0.3, 0.4) is 0 Å². The van der Waals surface area contributed by atoms with E-state index in [2.05, 4.69) is 23.8 Å². The van der Waals surface area contributed by atoms with Crippen LogP contribution in [0.2, 0.25) is 0 Å². The maximum absolute atomic E-state index is 14.2. The lowest BCUT2D eigenvalue weighted by atomic mass is 10.0. The van der Waals surface area contributed by atoms with E-state index in [-0.39, 0.29) is 11.8 Å². The fraction of sp³-hybridized carbons (Fsp3) is 0.633. The maximum atomic E-state index is 14.2. The number of carbonyl (C=O) groups is 2. The molecular formula is C60H92N6O2. The number of pyridine rings is 4. The molecule has 0 spiro atoms. The van der Waals surface area contributed by atoms with Crippen molar-refractivity contribution in [2.45, 2.75) is 232 Å². The minimum atomic E-state index is 0.120. The highest BCUT2D eigenvalue weighted by Crippen LogP contribution is 2.20. The van der Waals surface area contributed by atoms with Gasteiger partial charge in [-0.15, -0.1) is 0 Å². The molecular weight excluding hydrogens is 837 g/mol. The summed E-state index contributed by atoms with van der Waals surface area (Å²) in [5.41, 5.74) is 4.83. The van der Waals surface area contributed by atoms with Crippen molar-refractivity contribution >= 4 is 11.8 Å². The molecule has 4 aromatic heterocycles. The van der Waals surface area contributed by atoms with E-state index in [9.17, 15) is 9.59 Å². The molecule has 4 heterocycles. The molecule has 8 heteroatoms. The zero-order valence-corrected chi connectivity index (χ0v) is 43.0. The monoisotopic (exact) mass is 929 g/mol. The van der Waals surface area contributed by atoms with Crippen LogP contribution in [-0.2, 0) is 22.7 Å². The van der Waals surface area contributed by atoms with E-state index in [1.807, 2.05) is 82.6 Å². The molecule has 0 fully saturated rings. The molecule has 0 saturated carbocycles. The number of amides is 2. The SMILES string of the molecule is CCCCCCCCCCCCCCCCCC(=O)N(CCN(Cc1cccc(-c2ccccn2)n1)C(=O)CCCCCCCCCCCCCCCCC)Cc1cccc(-c2ccccn2)n1. The Kier molecular flexibility index (Phi) is 30.9. The molecule has 0 aliphatic rings. The molecule has 0 aromatic carbocycles. The summed E-state index contributed by atoms with van der Waals surface area (Å²) in [6.07, 6.45) is 43.3. The summed E-state index contributed by atoms with van der Waals surface area (Å²) in [6.45, 7) is 6.19. The average Bonchev–Trinajstić information content (AvgIpc) is 3.37. The molecule has 0 aliphatic heterocycles. The number of aromatic nitrogens is 4. The maximum Gasteiger partial charge on any atom is 0.222 e. The van der Waals surface area contributed by atoms with Crippen LogP contribution in [0, 0.1) is 0 Å². The van der Waals surface area contributed by atoms with Gasteiger partial charge in [-0.1, -0.05) is 218 Å². The molecule has 374 valence electrons. The minimum Gasteiger partial charge on any atom is -0.335 e. The Morgan fingerprint density at radius 1 is 0.353 bits per heavy atom. The number of unbranched alkanes of at least 4 members (excludes halogenated alkanes) is 28. The van der Waals surface area contributed by atoms with E-state index in [4.69, 9.17) is 9.97 Å². The molecule has 0 saturated heterocycles. The number of nitrogens with zero attached hydrogens (tertiary/aromatic N) is 6. The molecule has 8 nitrogen and oxygen atoms in total. The quantitative estimate of drug-likeness (QED) is 0.0412. The third-order valence-corrected chi connectivity index (χ3v) is 13.5. The second kappa shape index (κ2) is 37.4. The Bertz CT molecular complexity index is 1720. The van der Waals surface area contributed by atoms with Gasteiger partial charge in [0, 0.05) is 38.3 Å². The minimum absolute atomic E-state index is 0.120. The van der Waals surface area contributed by atoms with Crippen LogP contribution < -0.4 is 0 Å². The van der Waals surface area contributed by atoms with Gasteiger partial charge in [-0.2, -0.15) is 0 Å². The number of rotatable bonds is 41. The number of carbonyl (C=O) groups excluding carboxylic acids is 2. The highest BCUT2D eigenvalue weighted by Gasteiger charge is 2.21. The Balaban J connectivity index is 1.31. The lowest BCUT2D eigenvalue weighted by molar-refractivity contribution is -0.136. The van der Waals surface area contributed by atoms with Crippen LogP contribution in [0.5, 0.6) is 0 Å². The van der Waals surface area contributed by atoms with E-state index < -0.39 is 0 Å². The summed E-state index contributed by atoms with van der Waals surface area (Å²) in [5, 5.41) is 0. The first kappa shape index (κ1) is 56.1. The Labute approximate surface area is 414 Å². The molecule has 0 radical (unpaired) electrons. The predicted molar refractivity (Wildman–Crippen MR) is 285 cm³/mol. The summed E-state index contributed by atoms with van der Waals surface area (Å²) in [4.78, 5) is 51.2. The highest BCUT2D eigenvalue weighted by molar-refractivity contribution is 5.77. The first-order valence-corrected chi connectivity index (χ1v) is 27.9. The van der Waals surface area contributed by atoms with Crippen LogP contribution >= 0.6 is 0 Å². The highest BCUT2D eigenvalue weighted by atomic mass is 16.2. The normalized spacial score (nSPS) is 11.3. The van der Waals surface area contributed by atoms with E-state index in [0.29, 0.717) is 39.0 Å². The third kappa shape index (κ3) is 25.2. The van der Waals surface area contributed by atoms with Crippen LogP contribution in [0.15, 0.2) is 85.2 Å². The topological polar surface area (TPSA) is 92.2 Å². The van der Waals surface area contributed by atoms with Gasteiger partial charge in [0.15, 0.2) is 0 Å². The summed E-state index contributed by atoms with van der Waals surface area (Å²) < 4.78 is 0. The molecule has 0 N–H and O–H groups in total. The molecule has 2 amide bonds. The van der Waals surface area contributed by atoms with Gasteiger partial charge < -0.3 is 9.80 Å². The molecule has 4 aromatic rings. The predicted octanol–water partition coefficient (Wildman–Crippen LogP) is 16.5. The van der Waals surface area contributed by atoms with E-state index in [1.54, 1.807) is 12.4 Å². The largest absolute Gasteiger partial charge is 0.335 e. The number of hydrogen-bond acceptors (Lipinski definition) is 6. The first-order valence-electron chi connectivity index (χ1n) is 27.9. The van der Waals surface area contributed by atoms with Gasteiger partial charge in [0.05, 0.1) is 47.3 Å². The van der Waals surface area contributed by atoms with Crippen molar-refractivity contribution in [2.24, 2.45) is 0 Å². The van der Waals surface area contributed by atoms with Crippen molar-refractivity contribution in [1.82, 2.24) is 29.7 Å². The smallest absolute Gasteiger partial charge is 0.222 e.